The highest BCUT2D eigenvalue weighted by molar-refractivity contribution is 7.90. The summed E-state index contributed by atoms with van der Waals surface area (Å²) < 4.78 is 19.4. The van der Waals surface area contributed by atoms with E-state index in [2.05, 4.69) is 273 Å². The Kier molecular flexibility index (Phi) is 12.3. The minimum atomic E-state index is -2.81. The Balaban J connectivity index is 1.57. The molecule has 0 unspecified atom stereocenters. The Hall–Kier alpha value is -6.11. The predicted octanol–water partition coefficient (Wildman–Crippen LogP) is 10.5. The van der Waals surface area contributed by atoms with Gasteiger partial charge in [-0.15, -0.1) is 0 Å². The molecule has 3 nitrogen and oxygen atoms in total. The fourth-order valence-electron chi connectivity index (χ4n) is 8.12. The molecule has 9 aromatic rings. The molecule has 0 spiro atoms. The Morgan fingerprint density at radius 2 is 0.295 bits per heavy atom. The predicted molar refractivity (Wildman–Crippen MR) is 268 cm³/mol. The van der Waals surface area contributed by atoms with Gasteiger partial charge in [0.15, 0.2) is 0 Å². The summed E-state index contributed by atoms with van der Waals surface area (Å²) in [5.41, 5.74) is 0. The average molecular weight is 857 g/mol. The van der Waals surface area contributed by atoms with Gasteiger partial charge in [0.2, 0.25) is 0 Å². The molecule has 0 saturated heterocycles. The summed E-state index contributed by atoms with van der Waals surface area (Å²) in [6, 6.07) is 98.3. The molecule has 9 rings (SSSR count). The molecule has 0 aliphatic heterocycles. The lowest BCUT2D eigenvalue weighted by atomic mass is 10.4. The normalized spacial score (nSPS) is 11.8. The van der Waals surface area contributed by atoms with Crippen LogP contribution >= 0.6 is 21.2 Å². The van der Waals surface area contributed by atoms with Gasteiger partial charge in [-0.25, -0.2) is 0 Å². The smallest absolute Gasteiger partial charge is 0.278 e. The summed E-state index contributed by atoms with van der Waals surface area (Å²) in [5.74, 6) is 0. The van der Waals surface area contributed by atoms with Crippen molar-refractivity contribution in [2.45, 2.75) is 0 Å². The van der Waals surface area contributed by atoms with Gasteiger partial charge in [-0.05, 0) is 47.7 Å². The second kappa shape index (κ2) is 18.7. The number of hydrogen-bond donors (Lipinski definition) is 0. The third-order valence-electron chi connectivity index (χ3n) is 10.9. The Bertz CT molecular complexity index is 2320. The third kappa shape index (κ3) is 7.97. The molecule has 0 saturated carbocycles. The van der Waals surface area contributed by atoms with Crippen molar-refractivity contribution in [3.05, 3.63) is 273 Å². The van der Waals surface area contributed by atoms with Crippen molar-refractivity contribution >= 4 is 78.2 Å². The second-order valence-corrected chi connectivity index (χ2v) is 26.0. The van der Waals surface area contributed by atoms with Gasteiger partial charge in [-0.1, -0.05) is 273 Å². The minimum absolute atomic E-state index is 1.17. The van der Waals surface area contributed by atoms with Gasteiger partial charge in [0, 0.05) is 21.2 Å². The Morgan fingerprint density at radius 1 is 0.180 bits per heavy atom. The van der Waals surface area contributed by atoms with Crippen LogP contribution in [0.2, 0.25) is 0 Å². The molecule has 9 aromatic carbocycles. The summed E-state index contributed by atoms with van der Waals surface area (Å²) in [4.78, 5) is 0. The van der Waals surface area contributed by atoms with Gasteiger partial charge >= 0.3 is 9.28 Å². The van der Waals surface area contributed by atoms with Crippen molar-refractivity contribution in [1.29, 1.82) is 0 Å². The molecule has 0 N–H and O–H groups in total. The van der Waals surface area contributed by atoms with Crippen LogP contribution in [0, 0.1) is 0 Å². The van der Waals surface area contributed by atoms with E-state index in [9.17, 15) is 0 Å². The molecule has 0 aliphatic rings. The van der Waals surface area contributed by atoms with Crippen LogP contribution in [0.5, 0.6) is 0 Å². The van der Waals surface area contributed by atoms with Gasteiger partial charge < -0.3 is 0 Å². The van der Waals surface area contributed by atoms with E-state index in [0.29, 0.717) is 0 Å². The van der Waals surface area contributed by atoms with Crippen LogP contribution in [0.1, 0.15) is 0 Å². The zero-order valence-electron chi connectivity index (χ0n) is 33.7. The Morgan fingerprint density at radius 3 is 0.410 bits per heavy atom. The molecule has 0 aliphatic carbocycles. The highest BCUT2D eigenvalue weighted by Gasteiger charge is 2.37. The topological polar surface area (TPSA) is 37.1 Å². The van der Waals surface area contributed by atoms with Crippen LogP contribution in [0.3, 0.4) is 0 Å². The van der Waals surface area contributed by atoms with Crippen molar-refractivity contribution in [3.8, 4) is 0 Å². The first-order chi connectivity index (χ1) is 30.2. The molecule has 0 fully saturated rings. The first-order valence-electron chi connectivity index (χ1n) is 20.5. The van der Waals surface area contributed by atoms with Crippen LogP contribution in [0.15, 0.2) is 286 Å². The molecule has 0 bridgehead atoms. The van der Waals surface area contributed by atoms with Crippen LogP contribution in [0.4, 0.5) is 0 Å². The maximum absolute atomic E-state index is 6.48. The highest BCUT2D eigenvalue weighted by atomic mass is 31.2. The van der Waals surface area contributed by atoms with E-state index < -0.39 is 30.4 Å². The maximum Gasteiger partial charge on any atom is 0.493 e. The van der Waals surface area contributed by atoms with E-state index in [1.54, 1.807) is 0 Å². The van der Waals surface area contributed by atoms with E-state index in [0.717, 1.165) is 0 Å². The maximum atomic E-state index is 6.48. The molecule has 0 heterocycles. The van der Waals surface area contributed by atoms with Gasteiger partial charge in [-0.3, -0.25) is 13.2 Å². The molecular weight excluding hydrogens is 812 g/mol. The number of benzene rings is 9. The van der Waals surface area contributed by atoms with Crippen LogP contribution in [0.25, 0.3) is 0 Å². The number of hydrogen-bond acceptors (Lipinski definition) is 3. The summed E-state index contributed by atoms with van der Waals surface area (Å²) in [7, 11) is -11.0. The fraction of sp³-hybridized carbons (Fsp3) is 0. The lowest BCUT2D eigenvalue weighted by molar-refractivity contribution is 1.56. The van der Waals surface area contributed by atoms with Crippen LogP contribution < -0.4 is 47.7 Å². The molecule has 61 heavy (non-hydrogen) atoms. The Labute approximate surface area is 362 Å². The van der Waals surface area contributed by atoms with Crippen LogP contribution in [-0.2, 0) is 0 Å². The summed E-state index contributed by atoms with van der Waals surface area (Å²) >= 11 is 0. The molecule has 295 valence electrons. The van der Waals surface area contributed by atoms with Crippen LogP contribution in [-0.4, -0.2) is 9.28 Å². The highest BCUT2D eigenvalue weighted by Crippen LogP contribution is 2.54. The number of nitrogens with zero attached hydrogens (tertiary/aromatic N) is 3. The minimum Gasteiger partial charge on any atom is -0.278 e. The van der Waals surface area contributed by atoms with Crippen molar-refractivity contribution in [2.24, 2.45) is 13.2 Å². The molecule has 1 radical (unpaired) electrons. The fourth-order valence-corrected chi connectivity index (χ4v) is 25.2. The second-order valence-electron chi connectivity index (χ2n) is 14.5. The molecule has 0 aromatic heterocycles. The van der Waals surface area contributed by atoms with E-state index in [1.165, 1.54) is 47.7 Å². The molecule has 7 heteroatoms. The number of rotatable bonds is 12. The first kappa shape index (κ1) is 40.3. The standard InChI is InChI=1S/C54H45N3P3Si/c1-10-28-46(29-11-1)58(47-30-12-2-13-31-47,48-32-14-3-15-33-48)55-61(56-59(49-34-16-4-17-35-49,50-36-18-5-19-37-50)51-38-20-6-21-39-51)57-60(52-40-22-7-23-41-52,53-42-24-8-25-43-53)54-44-26-9-27-45-54/h1-45H. The van der Waals surface area contributed by atoms with Crippen molar-refractivity contribution < 1.29 is 0 Å². The average Bonchev–Trinajstić information content (AvgIpc) is 3.36. The zero-order valence-corrected chi connectivity index (χ0v) is 37.3. The molecular formula is C54H45N3P3Si. The van der Waals surface area contributed by atoms with Gasteiger partial charge in [0.05, 0.1) is 0 Å². The van der Waals surface area contributed by atoms with Crippen molar-refractivity contribution in [2.75, 3.05) is 0 Å². The van der Waals surface area contributed by atoms with E-state index in [4.69, 9.17) is 13.2 Å². The van der Waals surface area contributed by atoms with Crippen molar-refractivity contribution in [3.63, 3.8) is 0 Å². The first-order valence-corrected chi connectivity index (χ1v) is 27.0. The zero-order chi connectivity index (χ0) is 41.2. The molecule has 0 amide bonds. The monoisotopic (exact) mass is 856 g/mol. The van der Waals surface area contributed by atoms with E-state index in [1.807, 2.05) is 0 Å². The summed E-state index contributed by atoms with van der Waals surface area (Å²) in [5, 5.41) is 10.6. The summed E-state index contributed by atoms with van der Waals surface area (Å²) in [6.45, 7) is 0. The summed E-state index contributed by atoms with van der Waals surface area (Å²) in [6.07, 6.45) is 0. The van der Waals surface area contributed by atoms with E-state index in [-0.39, 0.29) is 0 Å². The largest absolute Gasteiger partial charge is 0.493 e. The van der Waals surface area contributed by atoms with Crippen molar-refractivity contribution in [1.82, 2.24) is 0 Å². The van der Waals surface area contributed by atoms with E-state index >= 15 is 0 Å². The van der Waals surface area contributed by atoms with Gasteiger partial charge in [0.25, 0.3) is 0 Å². The van der Waals surface area contributed by atoms with Gasteiger partial charge in [-0.2, -0.15) is 0 Å². The quantitative estimate of drug-likeness (QED) is 0.0867. The SMILES string of the molecule is c1ccc(P(=N[Si](N=P(c2ccccc2)(c2ccccc2)c2ccccc2)N=P(c2ccccc2)(c2ccccc2)c2ccccc2)(c2ccccc2)c2ccccc2)cc1. The molecule has 0 atom stereocenters. The van der Waals surface area contributed by atoms with Gasteiger partial charge in [0.1, 0.15) is 0 Å². The third-order valence-corrected chi connectivity index (χ3v) is 26.0. The lowest BCUT2D eigenvalue weighted by Gasteiger charge is -2.32. The lowest BCUT2D eigenvalue weighted by Crippen LogP contribution is -2.31.